The van der Waals surface area contributed by atoms with E-state index in [0.717, 1.165) is 70.5 Å². The van der Waals surface area contributed by atoms with E-state index < -0.39 is 0 Å². The van der Waals surface area contributed by atoms with Gasteiger partial charge in [-0.25, -0.2) is 0 Å². The minimum Gasteiger partial charge on any atom is -0.393 e. The summed E-state index contributed by atoms with van der Waals surface area (Å²) in [6.07, 6.45) is 5.19. The summed E-state index contributed by atoms with van der Waals surface area (Å²) < 4.78 is 2.07. The van der Waals surface area contributed by atoms with E-state index in [1.807, 2.05) is 109 Å². The lowest BCUT2D eigenvalue weighted by atomic mass is 10.1. The highest BCUT2D eigenvalue weighted by Gasteiger charge is 2.18. The molecule has 0 spiro atoms. The molecule has 0 unspecified atom stereocenters. The summed E-state index contributed by atoms with van der Waals surface area (Å²) in [5, 5.41) is 14.8. The molecule has 6 aromatic rings. The molecule has 220 valence electrons. The molecular weight excluding hydrogens is 550 g/mol. The minimum absolute atomic E-state index is 0.0786. The van der Waals surface area contributed by atoms with E-state index in [1.165, 1.54) is 0 Å². The van der Waals surface area contributed by atoms with E-state index in [9.17, 15) is 14.7 Å². The molecule has 4 aromatic carbocycles. The highest BCUT2D eigenvalue weighted by molar-refractivity contribution is 6.07. The molecule has 1 fully saturated rings. The lowest BCUT2D eigenvalue weighted by Crippen LogP contribution is -2.35. The number of aliphatic hydroxyl groups is 1. The van der Waals surface area contributed by atoms with Crippen LogP contribution in [-0.4, -0.2) is 52.7 Å². The number of piperidine rings is 1. The number of anilines is 3. The van der Waals surface area contributed by atoms with Crippen molar-refractivity contribution in [3.8, 4) is 5.69 Å². The number of hydrogen-bond donors (Lipinski definition) is 3. The van der Waals surface area contributed by atoms with Gasteiger partial charge in [0, 0.05) is 82.7 Å². The van der Waals surface area contributed by atoms with Crippen LogP contribution in [0.4, 0.5) is 17.1 Å². The molecule has 1 aliphatic rings. The van der Waals surface area contributed by atoms with Crippen LogP contribution >= 0.6 is 0 Å². The zero-order chi connectivity index (χ0) is 30.2. The van der Waals surface area contributed by atoms with E-state index in [2.05, 4.69) is 19.8 Å². The van der Waals surface area contributed by atoms with Gasteiger partial charge in [0.05, 0.1) is 11.6 Å². The predicted molar refractivity (Wildman–Crippen MR) is 176 cm³/mol. The summed E-state index contributed by atoms with van der Waals surface area (Å²) in [6, 6.07) is 31.0. The summed E-state index contributed by atoms with van der Waals surface area (Å²) >= 11 is 0. The van der Waals surface area contributed by atoms with Gasteiger partial charge in [-0.1, -0.05) is 0 Å². The molecule has 3 N–H and O–H groups in total. The molecule has 44 heavy (non-hydrogen) atoms. The molecule has 0 aliphatic carbocycles. The van der Waals surface area contributed by atoms with Gasteiger partial charge in [0.25, 0.3) is 11.8 Å². The second kappa shape index (κ2) is 11.4. The zero-order valence-electron chi connectivity index (χ0n) is 24.4. The monoisotopic (exact) mass is 583 g/mol. The van der Waals surface area contributed by atoms with Crippen molar-refractivity contribution < 1.29 is 14.7 Å². The van der Waals surface area contributed by atoms with Gasteiger partial charge >= 0.3 is 0 Å². The number of rotatable bonds is 6. The van der Waals surface area contributed by atoms with E-state index in [0.29, 0.717) is 11.1 Å². The summed E-state index contributed by atoms with van der Waals surface area (Å²) in [5.74, 6) is -0.243. The van der Waals surface area contributed by atoms with Crippen molar-refractivity contribution in [2.45, 2.75) is 18.9 Å². The van der Waals surface area contributed by atoms with E-state index in [1.54, 1.807) is 11.9 Å². The number of nitrogens with zero attached hydrogens (tertiary/aromatic N) is 3. The van der Waals surface area contributed by atoms with Crippen LogP contribution in [-0.2, 0) is 0 Å². The first-order valence-electron chi connectivity index (χ1n) is 14.8. The summed E-state index contributed by atoms with van der Waals surface area (Å²) in [5.41, 5.74) is 6.79. The van der Waals surface area contributed by atoms with Gasteiger partial charge in [-0.15, -0.1) is 0 Å². The molecule has 0 atom stereocenters. The Balaban J connectivity index is 1.03. The van der Waals surface area contributed by atoms with Crippen LogP contribution in [0.1, 0.15) is 33.6 Å². The number of aliphatic hydroxyl groups excluding tert-OH is 1. The molecule has 3 heterocycles. The molecule has 2 amide bonds. The molecule has 8 heteroatoms. The van der Waals surface area contributed by atoms with Crippen LogP contribution in [0.3, 0.4) is 0 Å². The third-order valence-electron chi connectivity index (χ3n) is 8.53. The van der Waals surface area contributed by atoms with Crippen molar-refractivity contribution in [3.05, 3.63) is 121 Å². The standard InChI is InChI=1S/C36H33N5O3/c1-39(31-11-12-33-26(23-31)14-18-37-33)36(44)25-4-9-30(10-5-25)41-21-15-27-22-28(6-13-34(27)41)38-35(43)24-2-7-29(8-3-24)40-19-16-32(42)17-20-40/h2-15,18,21-23,32,37,42H,16-17,19-20H2,1H3,(H,38,43). The Morgan fingerprint density at radius 3 is 2.32 bits per heavy atom. The van der Waals surface area contributed by atoms with Gasteiger partial charge in [-0.2, -0.15) is 0 Å². The minimum atomic E-state index is -0.216. The molecule has 7 rings (SSSR count). The zero-order valence-corrected chi connectivity index (χ0v) is 24.4. The fourth-order valence-corrected chi connectivity index (χ4v) is 5.92. The molecular formula is C36H33N5O3. The van der Waals surface area contributed by atoms with Crippen LogP contribution in [0.2, 0.25) is 0 Å². The fraction of sp³-hybridized carbons (Fsp3) is 0.167. The number of carbonyl (C=O) groups is 2. The maximum Gasteiger partial charge on any atom is 0.258 e. The largest absolute Gasteiger partial charge is 0.393 e. The Hall–Kier alpha value is -5.34. The molecule has 0 radical (unpaired) electrons. The summed E-state index contributed by atoms with van der Waals surface area (Å²) in [7, 11) is 1.79. The second-order valence-electron chi connectivity index (χ2n) is 11.3. The van der Waals surface area contributed by atoms with Crippen LogP contribution in [0, 0.1) is 0 Å². The number of aromatic nitrogens is 2. The van der Waals surface area contributed by atoms with Crippen LogP contribution in [0.15, 0.2) is 109 Å². The smallest absolute Gasteiger partial charge is 0.258 e. The second-order valence-corrected chi connectivity index (χ2v) is 11.3. The normalized spacial score (nSPS) is 13.8. The first-order valence-corrected chi connectivity index (χ1v) is 14.8. The van der Waals surface area contributed by atoms with E-state index >= 15 is 0 Å². The Kier molecular flexibility index (Phi) is 7.12. The molecule has 1 saturated heterocycles. The van der Waals surface area contributed by atoms with Crippen molar-refractivity contribution in [2.75, 3.05) is 35.3 Å². The van der Waals surface area contributed by atoms with Gasteiger partial charge in [0.2, 0.25) is 0 Å². The number of H-pyrrole nitrogens is 1. The quantitative estimate of drug-likeness (QED) is 0.206. The van der Waals surface area contributed by atoms with Crippen molar-refractivity contribution in [2.24, 2.45) is 0 Å². The third kappa shape index (κ3) is 5.31. The van der Waals surface area contributed by atoms with E-state index in [-0.39, 0.29) is 17.9 Å². The average Bonchev–Trinajstić information content (AvgIpc) is 3.71. The summed E-state index contributed by atoms with van der Waals surface area (Å²) in [6.45, 7) is 1.63. The van der Waals surface area contributed by atoms with Crippen molar-refractivity contribution in [1.29, 1.82) is 0 Å². The average molecular weight is 584 g/mol. The maximum absolute atomic E-state index is 13.2. The SMILES string of the molecule is CN(C(=O)c1ccc(-n2ccc3cc(NC(=O)c4ccc(N5CCC(O)CC5)cc4)ccc32)cc1)c1ccc2[nH]ccc2c1. The lowest BCUT2D eigenvalue weighted by Gasteiger charge is -2.31. The van der Waals surface area contributed by atoms with Crippen molar-refractivity contribution in [1.82, 2.24) is 9.55 Å². The molecule has 2 aromatic heterocycles. The maximum atomic E-state index is 13.2. The van der Waals surface area contributed by atoms with Gasteiger partial charge in [-0.05, 0) is 110 Å². The Morgan fingerprint density at radius 1 is 0.818 bits per heavy atom. The Morgan fingerprint density at radius 2 is 1.55 bits per heavy atom. The first-order chi connectivity index (χ1) is 21.4. The number of benzene rings is 4. The van der Waals surface area contributed by atoms with Gasteiger partial charge in [-0.3, -0.25) is 9.59 Å². The molecule has 8 nitrogen and oxygen atoms in total. The lowest BCUT2D eigenvalue weighted by molar-refractivity contribution is 0.0991. The number of amides is 2. The van der Waals surface area contributed by atoms with Gasteiger partial charge in [0.15, 0.2) is 0 Å². The number of carbonyl (C=O) groups excluding carboxylic acids is 2. The summed E-state index contributed by atoms with van der Waals surface area (Å²) in [4.78, 5) is 33.3. The topological polar surface area (TPSA) is 93.6 Å². The van der Waals surface area contributed by atoms with Crippen LogP contribution in [0.25, 0.3) is 27.5 Å². The van der Waals surface area contributed by atoms with Crippen molar-refractivity contribution in [3.63, 3.8) is 0 Å². The Labute approximate surface area is 255 Å². The van der Waals surface area contributed by atoms with Gasteiger partial charge < -0.3 is 29.8 Å². The van der Waals surface area contributed by atoms with E-state index in [4.69, 9.17) is 0 Å². The van der Waals surface area contributed by atoms with Gasteiger partial charge in [0.1, 0.15) is 0 Å². The fourth-order valence-electron chi connectivity index (χ4n) is 5.92. The Bertz CT molecular complexity index is 1970. The number of aromatic amines is 1. The highest BCUT2D eigenvalue weighted by Crippen LogP contribution is 2.27. The molecule has 0 saturated carbocycles. The van der Waals surface area contributed by atoms with Crippen LogP contribution < -0.4 is 15.1 Å². The van der Waals surface area contributed by atoms with Crippen molar-refractivity contribution >= 4 is 50.7 Å². The molecule has 1 aliphatic heterocycles. The highest BCUT2D eigenvalue weighted by atomic mass is 16.3. The number of nitrogens with one attached hydrogen (secondary N) is 2. The molecule has 0 bridgehead atoms. The van der Waals surface area contributed by atoms with Crippen LogP contribution in [0.5, 0.6) is 0 Å². The number of fused-ring (bicyclic) bond motifs is 2. The number of hydrogen-bond acceptors (Lipinski definition) is 4. The third-order valence-corrected chi connectivity index (χ3v) is 8.53. The predicted octanol–water partition coefficient (Wildman–Crippen LogP) is 6.60. The first kappa shape index (κ1) is 27.5.